The molecule has 0 saturated heterocycles. The van der Waals surface area contributed by atoms with Crippen LogP contribution in [-0.4, -0.2) is 96.7 Å². The first-order valence-electron chi connectivity index (χ1n) is 40.6. The molecule has 0 heterocycles. The average molecular weight is 1570 g/mol. The van der Waals surface area contributed by atoms with Gasteiger partial charge >= 0.3 is 39.5 Å². The second kappa shape index (κ2) is 80.2. The molecule has 0 aliphatic rings. The van der Waals surface area contributed by atoms with Crippen molar-refractivity contribution in [3.05, 3.63) is 231 Å². The second-order valence-electron chi connectivity index (χ2n) is 25.8. The molecule has 0 aromatic carbocycles. The smallest absolute Gasteiger partial charge is 0.462 e. The zero-order chi connectivity index (χ0) is 80.3. The lowest BCUT2D eigenvalue weighted by Gasteiger charge is -2.21. The van der Waals surface area contributed by atoms with Crippen molar-refractivity contribution < 1.29 is 80.2 Å². The van der Waals surface area contributed by atoms with E-state index in [1.54, 1.807) is 12.2 Å². The van der Waals surface area contributed by atoms with Crippen LogP contribution in [-0.2, 0) is 65.4 Å². The molecule has 3 N–H and O–H groups in total. The van der Waals surface area contributed by atoms with Crippen LogP contribution in [0.2, 0.25) is 0 Å². The molecule has 0 rings (SSSR count). The number of carbonyl (C=O) groups is 4. The molecule has 0 aliphatic heterocycles. The molecule has 0 aromatic rings. The summed E-state index contributed by atoms with van der Waals surface area (Å²) in [4.78, 5) is 73.1. The van der Waals surface area contributed by atoms with Crippen LogP contribution in [0.1, 0.15) is 259 Å². The Balaban J connectivity index is 5.56. The summed E-state index contributed by atoms with van der Waals surface area (Å²) < 4.78 is 68.5. The van der Waals surface area contributed by atoms with Gasteiger partial charge in [0.15, 0.2) is 12.2 Å². The zero-order valence-corrected chi connectivity index (χ0v) is 69.1. The number of phosphoric ester groups is 2. The quantitative estimate of drug-likeness (QED) is 0.0169. The third-order valence-corrected chi connectivity index (χ3v) is 17.5. The predicted molar refractivity (Wildman–Crippen MR) is 454 cm³/mol. The Morgan fingerprint density at radius 2 is 0.482 bits per heavy atom. The van der Waals surface area contributed by atoms with E-state index in [-0.39, 0.29) is 25.7 Å². The van der Waals surface area contributed by atoms with Crippen molar-refractivity contribution in [1.29, 1.82) is 0 Å². The maximum Gasteiger partial charge on any atom is 0.472 e. The summed E-state index contributed by atoms with van der Waals surface area (Å²) in [6.45, 7) is 4.15. The fraction of sp³-hybridized carbons (Fsp3) is 0.538. The minimum absolute atomic E-state index is 0.0452. The normalized spacial score (nSPS) is 15.0. The molecule has 19 heteroatoms. The standard InChI is InChI=1S/C91H140O17P2/c1-5-9-13-17-21-25-29-33-37-40-42-45-48-51-55-59-63-67-71-75-88(93)101-81-86(107-90(95)77-73-69-65-61-57-53-47-36-32-28-24-20-16-12-8-4)83-105-109(97,98)103-79-85(92)80-104-110(99,100)106-84-87(108-91(96)78-74-70-66-62-58-54-50-44-39-35-31-27-23-19-15-11-7-3)82-102-89(94)76-72-68-64-60-56-52-49-46-43-41-38-34-30-26-22-18-14-10-6-2/h9-16,21-28,33-39,42-43,45-47,50-52,54-57,61,69,73,85-87,92H,5-8,17-20,29-32,40-41,44,48-49,53,58-60,62-68,70-72,74-84H2,1-4H3,(H,97,98)(H,99,100)/b13-9-,14-10-,15-11-,16-12-,25-21-,26-22-,27-23-,28-24-,37-33-,38-34-,39-35-,45-42-,46-43-,47-36-,54-50-,55-51-,56-52-,61-57-,73-69-. The van der Waals surface area contributed by atoms with Crippen molar-refractivity contribution >= 4 is 39.5 Å². The van der Waals surface area contributed by atoms with E-state index in [1.807, 2.05) is 12.2 Å². The number of hydrogen-bond donors (Lipinski definition) is 3. The van der Waals surface area contributed by atoms with Crippen LogP contribution in [0, 0.1) is 0 Å². The fourth-order valence-electron chi connectivity index (χ4n) is 9.63. The number of aliphatic hydroxyl groups is 1. The first-order chi connectivity index (χ1) is 53.7. The van der Waals surface area contributed by atoms with E-state index in [2.05, 4.69) is 234 Å². The molecule has 0 amide bonds. The van der Waals surface area contributed by atoms with Crippen molar-refractivity contribution in [2.24, 2.45) is 0 Å². The van der Waals surface area contributed by atoms with E-state index in [4.69, 9.17) is 37.0 Å². The van der Waals surface area contributed by atoms with Gasteiger partial charge < -0.3 is 33.8 Å². The Labute approximate surface area is 664 Å². The van der Waals surface area contributed by atoms with Crippen LogP contribution in [0.3, 0.4) is 0 Å². The molecule has 110 heavy (non-hydrogen) atoms. The Hall–Kier alpha value is -6.88. The number of aliphatic hydroxyl groups excluding tert-OH is 1. The highest BCUT2D eigenvalue weighted by Crippen LogP contribution is 2.45. The van der Waals surface area contributed by atoms with Crippen LogP contribution < -0.4 is 0 Å². The Bertz CT molecular complexity index is 3000. The van der Waals surface area contributed by atoms with Gasteiger partial charge in [-0.15, -0.1) is 0 Å². The summed E-state index contributed by atoms with van der Waals surface area (Å²) in [5.41, 5.74) is 0. The van der Waals surface area contributed by atoms with Gasteiger partial charge in [0.25, 0.3) is 0 Å². The highest BCUT2D eigenvalue weighted by Gasteiger charge is 2.30. The number of carbonyl (C=O) groups excluding carboxylic acids is 4. The molecular formula is C91H140O17P2. The van der Waals surface area contributed by atoms with Crippen LogP contribution in [0.25, 0.3) is 0 Å². The zero-order valence-electron chi connectivity index (χ0n) is 67.3. The van der Waals surface area contributed by atoms with E-state index in [0.29, 0.717) is 25.7 Å². The monoisotopic (exact) mass is 1570 g/mol. The fourth-order valence-corrected chi connectivity index (χ4v) is 11.2. The minimum atomic E-state index is -5.03. The Morgan fingerprint density at radius 3 is 0.764 bits per heavy atom. The third-order valence-electron chi connectivity index (χ3n) is 15.6. The molecule has 0 radical (unpaired) electrons. The molecule has 0 bridgehead atoms. The van der Waals surface area contributed by atoms with Crippen molar-refractivity contribution in [3.8, 4) is 0 Å². The summed E-state index contributed by atoms with van der Waals surface area (Å²) in [6, 6.07) is 0. The van der Waals surface area contributed by atoms with Crippen molar-refractivity contribution in [2.75, 3.05) is 39.6 Å². The number of phosphoric acid groups is 2. The molecule has 5 atom stereocenters. The minimum Gasteiger partial charge on any atom is -0.462 e. The van der Waals surface area contributed by atoms with Gasteiger partial charge in [-0.25, -0.2) is 9.13 Å². The molecule has 0 fully saturated rings. The number of unbranched alkanes of at least 4 members (excludes halogenated alkanes) is 10. The number of esters is 4. The third kappa shape index (κ3) is 79.2. The van der Waals surface area contributed by atoms with Gasteiger partial charge in [0.05, 0.1) is 32.8 Å². The largest absolute Gasteiger partial charge is 0.472 e. The van der Waals surface area contributed by atoms with Crippen molar-refractivity contribution in [2.45, 2.75) is 277 Å². The lowest BCUT2D eigenvalue weighted by atomic mass is 10.1. The van der Waals surface area contributed by atoms with Crippen molar-refractivity contribution in [3.63, 3.8) is 0 Å². The first kappa shape index (κ1) is 103. The van der Waals surface area contributed by atoms with Gasteiger partial charge in [0.1, 0.15) is 19.3 Å². The summed E-state index contributed by atoms with van der Waals surface area (Å²) in [5.74, 6) is -2.46. The topological polar surface area (TPSA) is 237 Å². The van der Waals surface area contributed by atoms with E-state index >= 15 is 0 Å². The maximum absolute atomic E-state index is 13.1. The van der Waals surface area contributed by atoms with Gasteiger partial charge in [-0.05, 0) is 180 Å². The van der Waals surface area contributed by atoms with E-state index < -0.39 is 97.5 Å². The molecule has 0 saturated carbocycles. The van der Waals surface area contributed by atoms with Gasteiger partial charge in [-0.2, -0.15) is 0 Å². The molecule has 0 aliphatic carbocycles. The summed E-state index contributed by atoms with van der Waals surface area (Å²) >= 11 is 0. The van der Waals surface area contributed by atoms with Crippen molar-refractivity contribution in [1.82, 2.24) is 0 Å². The first-order valence-corrected chi connectivity index (χ1v) is 43.6. The highest BCUT2D eigenvalue weighted by atomic mass is 31.2. The van der Waals surface area contributed by atoms with Gasteiger partial charge in [0.2, 0.25) is 0 Å². The molecular weight excluding hydrogens is 1430 g/mol. The summed E-state index contributed by atoms with van der Waals surface area (Å²) in [7, 11) is -10.0. The number of ether oxygens (including phenoxy) is 4. The SMILES string of the molecule is CC/C=C\C/C=C\C/C=C\C/C=C\C/C=C\CCCCCC(=O)OCC(COP(=O)(O)OCC(O)COP(=O)(O)OCC(COC(=O)CCCCC/C=C\C/C=C\C/C=C\C/C=C\C/C=C\CC)OC(=O)CCCCCC/C=C\C/C=C\C/C=C\C/C=C\CC)OC(=O)C/C=C\C/C=C\C/C=C\C/C=C\C/C=C\CC. The number of hydrogen-bond acceptors (Lipinski definition) is 15. The molecule has 616 valence electrons. The lowest BCUT2D eigenvalue weighted by molar-refractivity contribution is -0.161. The molecule has 0 spiro atoms. The molecule has 5 unspecified atom stereocenters. The number of rotatable bonds is 73. The predicted octanol–water partition coefficient (Wildman–Crippen LogP) is 24.2. The Kier molecular flexibility index (Phi) is 75.2. The average Bonchev–Trinajstić information content (AvgIpc) is 0.899. The van der Waals surface area contributed by atoms with E-state index in [9.17, 15) is 43.2 Å². The van der Waals surface area contributed by atoms with Crippen LogP contribution in [0.5, 0.6) is 0 Å². The molecule has 0 aromatic heterocycles. The van der Waals surface area contributed by atoms with Crippen LogP contribution >= 0.6 is 15.6 Å². The van der Waals surface area contributed by atoms with Crippen LogP contribution in [0.4, 0.5) is 0 Å². The Morgan fingerprint density at radius 1 is 0.264 bits per heavy atom. The second-order valence-corrected chi connectivity index (χ2v) is 28.8. The lowest BCUT2D eigenvalue weighted by Crippen LogP contribution is -2.30. The summed E-state index contributed by atoms with van der Waals surface area (Å²) in [6.07, 6.45) is 103. The number of allylic oxidation sites excluding steroid dienone is 37. The van der Waals surface area contributed by atoms with Gasteiger partial charge in [-0.3, -0.25) is 37.3 Å². The van der Waals surface area contributed by atoms with E-state index in [0.717, 1.165) is 180 Å². The summed E-state index contributed by atoms with van der Waals surface area (Å²) in [5, 5.41) is 10.7. The van der Waals surface area contributed by atoms with Crippen LogP contribution in [0.15, 0.2) is 231 Å². The van der Waals surface area contributed by atoms with Gasteiger partial charge in [-0.1, -0.05) is 284 Å². The highest BCUT2D eigenvalue weighted by molar-refractivity contribution is 7.47. The maximum atomic E-state index is 13.1. The molecule has 17 nitrogen and oxygen atoms in total. The van der Waals surface area contributed by atoms with E-state index in [1.165, 1.54) is 0 Å². The van der Waals surface area contributed by atoms with Gasteiger partial charge in [0, 0.05) is 19.3 Å².